The zero-order valence-corrected chi connectivity index (χ0v) is 21.2. The highest BCUT2D eigenvalue weighted by atomic mass is 79.9. The Morgan fingerprint density at radius 2 is 1.79 bits per heavy atom. The zero-order chi connectivity index (χ0) is 24.0. The van der Waals surface area contributed by atoms with Crippen LogP contribution in [0, 0.1) is 0 Å². The molecule has 1 amide bonds. The summed E-state index contributed by atoms with van der Waals surface area (Å²) in [6, 6.07) is 19.6. The van der Waals surface area contributed by atoms with Crippen molar-refractivity contribution in [2.45, 2.75) is 30.3 Å². The first-order valence-corrected chi connectivity index (χ1v) is 12.8. The van der Waals surface area contributed by atoms with Gasteiger partial charge in [-0.3, -0.25) is 4.79 Å². The average molecular weight is 552 g/mol. The lowest BCUT2D eigenvalue weighted by Gasteiger charge is -2.22. The number of sulfonamides is 1. The van der Waals surface area contributed by atoms with E-state index in [1.807, 2.05) is 61.5 Å². The molecule has 0 aliphatic carbocycles. The lowest BCUT2D eigenvalue weighted by atomic mass is 10.0. The van der Waals surface area contributed by atoms with E-state index in [-0.39, 0.29) is 22.4 Å². The monoisotopic (exact) mass is 550 g/mol. The van der Waals surface area contributed by atoms with Crippen LogP contribution < -0.4 is 14.8 Å². The molecular formula is C24H24BrClN2O4S. The topological polar surface area (TPSA) is 84.5 Å². The molecule has 3 aromatic carbocycles. The minimum atomic E-state index is -4.04. The largest absolute Gasteiger partial charge is 0.495 e. The smallest absolute Gasteiger partial charge is 0.241 e. The number of ether oxygens (including phenoxy) is 1. The molecule has 174 valence electrons. The second kappa shape index (κ2) is 11.2. The molecule has 0 unspecified atom stereocenters. The van der Waals surface area contributed by atoms with Gasteiger partial charge in [0.25, 0.3) is 0 Å². The SMILES string of the molecule is COc1ccc(S(=O)(=O)N[C@H](Cc2ccccc2)C(=O)N[C@H](C)c2cccc(Br)c2)cc1Cl. The van der Waals surface area contributed by atoms with Crippen LogP contribution in [0.25, 0.3) is 0 Å². The van der Waals surface area contributed by atoms with E-state index in [2.05, 4.69) is 26.0 Å². The fourth-order valence-electron chi connectivity index (χ4n) is 3.28. The number of carbonyl (C=O) groups is 1. The van der Waals surface area contributed by atoms with Crippen LogP contribution in [0.3, 0.4) is 0 Å². The Balaban J connectivity index is 1.85. The quantitative estimate of drug-likeness (QED) is 0.397. The fourth-order valence-corrected chi connectivity index (χ4v) is 5.24. The van der Waals surface area contributed by atoms with Gasteiger partial charge in [0.05, 0.1) is 23.1 Å². The van der Waals surface area contributed by atoms with Gasteiger partial charge >= 0.3 is 0 Å². The van der Waals surface area contributed by atoms with Gasteiger partial charge in [0.15, 0.2) is 0 Å². The van der Waals surface area contributed by atoms with Crippen molar-refractivity contribution in [1.82, 2.24) is 10.0 Å². The van der Waals surface area contributed by atoms with E-state index >= 15 is 0 Å². The van der Waals surface area contributed by atoms with Crippen LogP contribution >= 0.6 is 27.5 Å². The number of carbonyl (C=O) groups excluding carboxylic acids is 1. The van der Waals surface area contributed by atoms with Crippen molar-refractivity contribution in [2.24, 2.45) is 0 Å². The van der Waals surface area contributed by atoms with Gasteiger partial charge in [0.1, 0.15) is 11.8 Å². The summed E-state index contributed by atoms with van der Waals surface area (Å²) in [5.74, 6) is -0.0773. The molecular weight excluding hydrogens is 528 g/mol. The van der Waals surface area contributed by atoms with Gasteiger partial charge in [-0.05, 0) is 54.8 Å². The van der Waals surface area contributed by atoms with E-state index in [4.69, 9.17) is 16.3 Å². The summed E-state index contributed by atoms with van der Waals surface area (Å²) in [6.07, 6.45) is 0.182. The van der Waals surface area contributed by atoms with Gasteiger partial charge < -0.3 is 10.1 Å². The molecule has 0 radical (unpaired) electrons. The van der Waals surface area contributed by atoms with Crippen LogP contribution in [-0.4, -0.2) is 27.5 Å². The molecule has 3 rings (SSSR count). The van der Waals surface area contributed by atoms with Crippen molar-refractivity contribution >= 4 is 43.5 Å². The van der Waals surface area contributed by atoms with E-state index < -0.39 is 22.0 Å². The fraction of sp³-hybridized carbons (Fsp3) is 0.208. The zero-order valence-electron chi connectivity index (χ0n) is 18.1. The van der Waals surface area contributed by atoms with E-state index in [0.717, 1.165) is 15.6 Å². The van der Waals surface area contributed by atoms with E-state index in [1.54, 1.807) is 0 Å². The number of hydrogen-bond acceptors (Lipinski definition) is 4. The number of rotatable bonds is 9. The Hall–Kier alpha value is -2.39. The third-order valence-corrected chi connectivity index (χ3v) is 7.30. The first kappa shape index (κ1) is 25.2. The number of halogens is 2. The van der Waals surface area contributed by atoms with E-state index in [0.29, 0.717) is 5.75 Å². The molecule has 0 aromatic heterocycles. The van der Waals surface area contributed by atoms with Crippen LogP contribution in [0.15, 0.2) is 82.2 Å². The average Bonchev–Trinajstić information content (AvgIpc) is 2.79. The number of benzene rings is 3. The second-order valence-corrected chi connectivity index (χ2v) is 10.5. The van der Waals surface area contributed by atoms with Crippen molar-refractivity contribution in [3.63, 3.8) is 0 Å². The highest BCUT2D eigenvalue weighted by molar-refractivity contribution is 9.10. The third kappa shape index (κ3) is 6.80. The van der Waals surface area contributed by atoms with Gasteiger partial charge in [-0.15, -0.1) is 0 Å². The van der Waals surface area contributed by atoms with Crippen LogP contribution in [-0.2, 0) is 21.2 Å². The molecule has 0 saturated heterocycles. The first-order valence-electron chi connectivity index (χ1n) is 10.1. The predicted molar refractivity (Wildman–Crippen MR) is 133 cm³/mol. The van der Waals surface area contributed by atoms with Crippen LogP contribution in [0.5, 0.6) is 5.75 Å². The van der Waals surface area contributed by atoms with Crippen molar-refractivity contribution < 1.29 is 17.9 Å². The number of nitrogens with one attached hydrogen (secondary N) is 2. The van der Waals surface area contributed by atoms with Crippen molar-refractivity contribution in [2.75, 3.05) is 7.11 Å². The van der Waals surface area contributed by atoms with Crippen LogP contribution in [0.2, 0.25) is 5.02 Å². The highest BCUT2D eigenvalue weighted by Gasteiger charge is 2.27. The van der Waals surface area contributed by atoms with Crippen LogP contribution in [0.4, 0.5) is 0 Å². The molecule has 0 heterocycles. The highest BCUT2D eigenvalue weighted by Crippen LogP contribution is 2.27. The molecule has 0 aliphatic rings. The van der Waals surface area contributed by atoms with Gasteiger partial charge in [-0.25, -0.2) is 8.42 Å². The summed E-state index contributed by atoms with van der Waals surface area (Å²) in [6.45, 7) is 1.84. The minimum absolute atomic E-state index is 0.0563. The Morgan fingerprint density at radius 3 is 2.42 bits per heavy atom. The standard InChI is InChI=1S/C24H24BrClN2O4S/c1-16(18-9-6-10-19(25)14-18)27-24(29)22(13-17-7-4-3-5-8-17)28-33(30,31)20-11-12-23(32-2)21(26)15-20/h3-12,14-16,22,28H,13H2,1-2H3,(H,27,29)/t16-,22-/m1/s1. The van der Waals surface area contributed by atoms with E-state index in [1.165, 1.54) is 25.3 Å². The summed E-state index contributed by atoms with van der Waals surface area (Å²) in [5, 5.41) is 3.07. The molecule has 3 aromatic rings. The molecule has 33 heavy (non-hydrogen) atoms. The molecule has 2 N–H and O–H groups in total. The maximum Gasteiger partial charge on any atom is 0.241 e. The van der Waals surface area contributed by atoms with Crippen molar-refractivity contribution in [3.8, 4) is 5.75 Å². The molecule has 0 saturated carbocycles. The summed E-state index contributed by atoms with van der Waals surface area (Å²) in [7, 11) is -2.59. The maximum atomic E-state index is 13.2. The molecule has 6 nitrogen and oxygen atoms in total. The van der Waals surface area contributed by atoms with Gasteiger partial charge in [0.2, 0.25) is 15.9 Å². The van der Waals surface area contributed by atoms with Gasteiger partial charge in [-0.1, -0.05) is 70.0 Å². The van der Waals surface area contributed by atoms with Gasteiger partial charge in [-0.2, -0.15) is 4.72 Å². The van der Waals surface area contributed by atoms with Crippen molar-refractivity contribution in [1.29, 1.82) is 0 Å². The number of hydrogen-bond donors (Lipinski definition) is 2. The number of amides is 1. The Morgan fingerprint density at radius 1 is 1.06 bits per heavy atom. The predicted octanol–water partition coefficient (Wildman–Crippen LogP) is 4.88. The molecule has 0 aliphatic heterocycles. The lowest BCUT2D eigenvalue weighted by molar-refractivity contribution is -0.123. The van der Waals surface area contributed by atoms with Crippen LogP contribution in [0.1, 0.15) is 24.1 Å². The molecule has 2 atom stereocenters. The number of methoxy groups -OCH3 is 1. The minimum Gasteiger partial charge on any atom is -0.495 e. The lowest BCUT2D eigenvalue weighted by Crippen LogP contribution is -2.48. The first-order chi connectivity index (χ1) is 15.7. The Kier molecular flexibility index (Phi) is 8.53. The molecule has 9 heteroatoms. The summed E-state index contributed by atoms with van der Waals surface area (Å²) >= 11 is 9.54. The summed E-state index contributed by atoms with van der Waals surface area (Å²) in [5.41, 5.74) is 1.71. The normalized spacial score (nSPS) is 13.2. The Bertz CT molecular complexity index is 1220. The molecule has 0 fully saturated rings. The van der Waals surface area contributed by atoms with Crippen molar-refractivity contribution in [3.05, 3.63) is 93.4 Å². The molecule has 0 spiro atoms. The summed E-state index contributed by atoms with van der Waals surface area (Å²) < 4.78 is 34.7. The Labute approximate surface area is 207 Å². The summed E-state index contributed by atoms with van der Waals surface area (Å²) in [4.78, 5) is 13.1. The van der Waals surface area contributed by atoms with E-state index in [9.17, 15) is 13.2 Å². The third-order valence-electron chi connectivity index (χ3n) is 5.04. The second-order valence-electron chi connectivity index (χ2n) is 7.45. The van der Waals surface area contributed by atoms with Gasteiger partial charge in [0, 0.05) is 4.47 Å². The molecule has 0 bridgehead atoms. The maximum absolute atomic E-state index is 13.2.